The van der Waals surface area contributed by atoms with Crippen molar-refractivity contribution in [3.05, 3.63) is 69.8 Å². The van der Waals surface area contributed by atoms with Gasteiger partial charge in [-0.2, -0.15) is 0 Å². The fourth-order valence-corrected chi connectivity index (χ4v) is 5.34. The predicted molar refractivity (Wildman–Crippen MR) is 141 cm³/mol. The standard InChI is InChI=1S/C31H42O2/c1-8-22(9-2)10-15-25-19-27-28(31(6,7)17-16-30(27,4)5)20-26(25)21(3)18-23-11-13-24(14-12-23)29(32)33/h11-14,18-20,22H,8-10,15-17H2,1-7H3,(H,32,33). The van der Waals surface area contributed by atoms with Gasteiger partial charge in [0.15, 0.2) is 0 Å². The lowest BCUT2D eigenvalue weighted by atomic mass is 9.62. The van der Waals surface area contributed by atoms with Crippen LogP contribution in [0.15, 0.2) is 36.4 Å². The summed E-state index contributed by atoms with van der Waals surface area (Å²) >= 11 is 0. The van der Waals surface area contributed by atoms with E-state index in [1.165, 1.54) is 59.9 Å². The summed E-state index contributed by atoms with van der Waals surface area (Å²) in [6.45, 7) is 16.4. The van der Waals surface area contributed by atoms with Crippen LogP contribution < -0.4 is 0 Å². The van der Waals surface area contributed by atoms with Crippen molar-refractivity contribution in [1.82, 2.24) is 0 Å². The van der Waals surface area contributed by atoms with Gasteiger partial charge >= 0.3 is 5.97 Å². The van der Waals surface area contributed by atoms with Crippen molar-refractivity contribution in [2.24, 2.45) is 5.92 Å². The molecule has 2 aromatic carbocycles. The summed E-state index contributed by atoms with van der Waals surface area (Å²) in [4.78, 5) is 11.2. The van der Waals surface area contributed by atoms with E-state index in [-0.39, 0.29) is 10.8 Å². The van der Waals surface area contributed by atoms with Gasteiger partial charge in [0.2, 0.25) is 0 Å². The van der Waals surface area contributed by atoms with E-state index >= 15 is 0 Å². The van der Waals surface area contributed by atoms with Gasteiger partial charge in [-0.3, -0.25) is 0 Å². The average Bonchev–Trinajstić information content (AvgIpc) is 2.77. The molecule has 1 N–H and O–H groups in total. The number of carboxylic acids is 1. The first-order valence-corrected chi connectivity index (χ1v) is 12.7. The molecule has 1 aliphatic carbocycles. The summed E-state index contributed by atoms with van der Waals surface area (Å²) in [6.07, 6.45) is 9.44. The van der Waals surface area contributed by atoms with Crippen LogP contribution in [0.25, 0.3) is 11.6 Å². The summed E-state index contributed by atoms with van der Waals surface area (Å²) in [5, 5.41) is 9.20. The largest absolute Gasteiger partial charge is 0.478 e. The predicted octanol–water partition coefficient (Wildman–Crippen LogP) is 8.66. The van der Waals surface area contributed by atoms with E-state index in [2.05, 4.69) is 66.7 Å². The van der Waals surface area contributed by atoms with E-state index in [4.69, 9.17) is 0 Å². The highest BCUT2D eigenvalue weighted by Crippen LogP contribution is 2.47. The third kappa shape index (κ3) is 5.60. The zero-order valence-corrected chi connectivity index (χ0v) is 21.7. The Hall–Kier alpha value is -2.35. The van der Waals surface area contributed by atoms with Crippen LogP contribution in [-0.4, -0.2) is 11.1 Å². The first-order chi connectivity index (χ1) is 15.5. The molecule has 0 atom stereocenters. The second kappa shape index (κ2) is 9.87. The van der Waals surface area contributed by atoms with Crippen molar-refractivity contribution in [1.29, 1.82) is 0 Å². The molecule has 2 nitrogen and oxygen atoms in total. The monoisotopic (exact) mass is 446 g/mol. The average molecular weight is 447 g/mol. The molecule has 3 rings (SSSR count). The van der Waals surface area contributed by atoms with Crippen LogP contribution in [0.2, 0.25) is 0 Å². The molecule has 0 unspecified atom stereocenters. The smallest absolute Gasteiger partial charge is 0.335 e. The van der Waals surface area contributed by atoms with Crippen LogP contribution >= 0.6 is 0 Å². The van der Waals surface area contributed by atoms with Gasteiger partial charge in [-0.05, 0) is 94.9 Å². The van der Waals surface area contributed by atoms with Gasteiger partial charge in [-0.25, -0.2) is 4.79 Å². The lowest BCUT2D eigenvalue weighted by molar-refractivity contribution is 0.0697. The summed E-state index contributed by atoms with van der Waals surface area (Å²) < 4.78 is 0. The third-order valence-electron chi connectivity index (χ3n) is 8.02. The van der Waals surface area contributed by atoms with Gasteiger partial charge in [-0.1, -0.05) is 84.7 Å². The van der Waals surface area contributed by atoms with Crippen LogP contribution in [0.1, 0.15) is 119 Å². The van der Waals surface area contributed by atoms with Crippen molar-refractivity contribution in [3.8, 4) is 0 Å². The molecule has 0 saturated carbocycles. The summed E-state index contributed by atoms with van der Waals surface area (Å²) in [5.74, 6) is -0.114. The van der Waals surface area contributed by atoms with Crippen LogP contribution in [0.5, 0.6) is 0 Å². The summed E-state index contributed by atoms with van der Waals surface area (Å²) in [6, 6.07) is 12.2. The van der Waals surface area contributed by atoms with E-state index in [9.17, 15) is 9.90 Å². The van der Waals surface area contributed by atoms with Crippen LogP contribution in [-0.2, 0) is 17.3 Å². The normalized spacial score (nSPS) is 17.2. The number of carbonyl (C=O) groups is 1. The Balaban J connectivity index is 2.09. The molecule has 0 radical (unpaired) electrons. The molecule has 178 valence electrons. The molecule has 2 heteroatoms. The number of hydrogen-bond acceptors (Lipinski definition) is 1. The Morgan fingerprint density at radius 3 is 2.03 bits per heavy atom. The Kier molecular flexibility index (Phi) is 7.56. The molecule has 0 fully saturated rings. The Morgan fingerprint density at radius 2 is 1.52 bits per heavy atom. The molecule has 2 aromatic rings. The van der Waals surface area contributed by atoms with Gasteiger partial charge in [0, 0.05) is 0 Å². The van der Waals surface area contributed by atoms with Crippen molar-refractivity contribution in [2.75, 3.05) is 0 Å². The summed E-state index contributed by atoms with van der Waals surface area (Å²) in [7, 11) is 0. The van der Waals surface area contributed by atoms with Gasteiger partial charge in [0.25, 0.3) is 0 Å². The zero-order chi connectivity index (χ0) is 24.4. The molecule has 0 spiro atoms. The minimum atomic E-state index is -0.884. The Labute approximate surface area is 201 Å². The van der Waals surface area contributed by atoms with Gasteiger partial charge < -0.3 is 5.11 Å². The van der Waals surface area contributed by atoms with E-state index in [1.807, 2.05) is 12.1 Å². The van der Waals surface area contributed by atoms with Gasteiger partial charge in [-0.15, -0.1) is 0 Å². The third-order valence-corrected chi connectivity index (χ3v) is 8.02. The van der Waals surface area contributed by atoms with Crippen molar-refractivity contribution in [2.45, 2.75) is 97.8 Å². The number of hydrogen-bond donors (Lipinski definition) is 1. The quantitative estimate of drug-likeness (QED) is 0.412. The van der Waals surface area contributed by atoms with E-state index in [1.54, 1.807) is 12.1 Å². The first kappa shape index (κ1) is 25.3. The van der Waals surface area contributed by atoms with Crippen molar-refractivity contribution < 1.29 is 9.90 Å². The molecule has 1 aliphatic rings. The minimum Gasteiger partial charge on any atom is -0.478 e. The first-order valence-electron chi connectivity index (χ1n) is 12.7. The highest BCUT2D eigenvalue weighted by Gasteiger charge is 2.37. The number of aryl methyl sites for hydroxylation is 1. The van der Waals surface area contributed by atoms with E-state index < -0.39 is 5.97 Å². The molecule has 0 bridgehead atoms. The zero-order valence-electron chi connectivity index (χ0n) is 21.7. The van der Waals surface area contributed by atoms with Crippen LogP contribution in [0.3, 0.4) is 0 Å². The molecule has 0 saturated heterocycles. The number of carboxylic acid groups (broad SMARTS) is 1. The number of fused-ring (bicyclic) bond motifs is 1. The summed E-state index contributed by atoms with van der Waals surface area (Å²) in [5.41, 5.74) is 8.84. The maximum absolute atomic E-state index is 11.2. The minimum absolute atomic E-state index is 0.178. The topological polar surface area (TPSA) is 37.3 Å². The van der Waals surface area contributed by atoms with Crippen LogP contribution in [0.4, 0.5) is 0 Å². The fraction of sp³-hybridized carbons (Fsp3) is 0.516. The SMILES string of the molecule is CCC(CC)CCc1cc2c(cc1C(C)=Cc1ccc(C(=O)O)cc1)C(C)(C)CCC2(C)C. The second-order valence-electron chi connectivity index (χ2n) is 11.3. The number of benzene rings is 2. The van der Waals surface area contributed by atoms with E-state index in [0.29, 0.717) is 5.56 Å². The fourth-order valence-electron chi connectivity index (χ4n) is 5.34. The van der Waals surface area contributed by atoms with Crippen molar-refractivity contribution in [3.63, 3.8) is 0 Å². The number of rotatable bonds is 8. The molecular weight excluding hydrogens is 404 g/mol. The molecule has 0 aromatic heterocycles. The Bertz CT molecular complexity index is 1020. The highest BCUT2D eigenvalue weighted by molar-refractivity contribution is 5.88. The second-order valence-corrected chi connectivity index (χ2v) is 11.3. The molecule has 33 heavy (non-hydrogen) atoms. The molecular formula is C31H42O2. The number of allylic oxidation sites excluding steroid dienone is 1. The van der Waals surface area contributed by atoms with Crippen LogP contribution in [0, 0.1) is 5.92 Å². The van der Waals surface area contributed by atoms with Gasteiger partial charge in [0.05, 0.1) is 5.56 Å². The lowest BCUT2D eigenvalue weighted by Gasteiger charge is -2.42. The molecule has 0 aliphatic heterocycles. The van der Waals surface area contributed by atoms with E-state index in [0.717, 1.165) is 17.9 Å². The maximum Gasteiger partial charge on any atom is 0.335 e. The molecule has 0 heterocycles. The van der Waals surface area contributed by atoms with Crippen molar-refractivity contribution >= 4 is 17.6 Å². The van der Waals surface area contributed by atoms with Gasteiger partial charge in [0.1, 0.15) is 0 Å². The molecule has 0 amide bonds. The highest BCUT2D eigenvalue weighted by atomic mass is 16.4. The Morgan fingerprint density at radius 1 is 0.970 bits per heavy atom. The lowest BCUT2D eigenvalue weighted by Crippen LogP contribution is -2.34. The maximum atomic E-state index is 11.2. The number of aromatic carboxylic acids is 1.